The normalized spacial score (nSPS) is 24.0. The second-order valence-corrected chi connectivity index (χ2v) is 8.96. The van der Waals surface area contributed by atoms with Gasteiger partial charge in [-0.25, -0.2) is 9.97 Å². The lowest BCUT2D eigenvalue weighted by molar-refractivity contribution is -0.136. The average molecular weight is 454 g/mol. The van der Waals surface area contributed by atoms with Crippen molar-refractivity contribution >= 4 is 27.8 Å². The van der Waals surface area contributed by atoms with E-state index < -0.39 is 0 Å². The van der Waals surface area contributed by atoms with Crippen LogP contribution in [-0.2, 0) is 4.79 Å². The molecule has 156 valence electrons. The van der Waals surface area contributed by atoms with Gasteiger partial charge in [-0.15, -0.1) is 0 Å². The highest BCUT2D eigenvalue weighted by Crippen LogP contribution is 2.31. The van der Waals surface area contributed by atoms with Crippen LogP contribution in [0.4, 0.5) is 5.95 Å². The fourth-order valence-electron chi connectivity index (χ4n) is 4.38. The van der Waals surface area contributed by atoms with Gasteiger partial charge in [-0.05, 0) is 60.5 Å². The van der Waals surface area contributed by atoms with E-state index in [1.807, 2.05) is 7.05 Å². The van der Waals surface area contributed by atoms with Crippen molar-refractivity contribution in [1.82, 2.24) is 19.8 Å². The zero-order chi connectivity index (χ0) is 19.9. The van der Waals surface area contributed by atoms with Crippen LogP contribution in [0.3, 0.4) is 0 Å². The van der Waals surface area contributed by atoms with Crippen molar-refractivity contribution in [3.05, 3.63) is 16.9 Å². The first-order chi connectivity index (χ1) is 13.6. The van der Waals surface area contributed by atoms with E-state index in [1.165, 1.54) is 0 Å². The van der Waals surface area contributed by atoms with E-state index in [-0.39, 0.29) is 12.5 Å². The lowest BCUT2D eigenvalue weighted by Gasteiger charge is -2.33. The summed E-state index contributed by atoms with van der Waals surface area (Å²) < 4.78 is 0.886. The third-order valence-electron chi connectivity index (χ3n) is 5.99. The van der Waals surface area contributed by atoms with Crippen LogP contribution in [0, 0.1) is 11.8 Å². The Bertz CT molecular complexity index is 622. The molecule has 3 rings (SSSR count). The zero-order valence-electron chi connectivity index (χ0n) is 16.8. The van der Waals surface area contributed by atoms with Gasteiger partial charge in [0.15, 0.2) is 0 Å². The van der Waals surface area contributed by atoms with Gasteiger partial charge in [-0.3, -0.25) is 9.69 Å². The number of nitrogens with zero attached hydrogens (tertiary/aromatic N) is 5. The van der Waals surface area contributed by atoms with Crippen molar-refractivity contribution in [1.29, 1.82) is 0 Å². The monoisotopic (exact) mass is 453 g/mol. The van der Waals surface area contributed by atoms with Crippen LogP contribution in [0.2, 0.25) is 0 Å². The first-order valence-electron chi connectivity index (χ1n) is 10.4. The molecule has 7 nitrogen and oxygen atoms in total. The summed E-state index contributed by atoms with van der Waals surface area (Å²) in [7, 11) is 2.04. The van der Waals surface area contributed by atoms with Crippen molar-refractivity contribution in [2.24, 2.45) is 11.8 Å². The summed E-state index contributed by atoms with van der Waals surface area (Å²) in [5.41, 5.74) is 0. The molecule has 0 radical (unpaired) electrons. The van der Waals surface area contributed by atoms with E-state index in [4.69, 9.17) is 5.11 Å². The quantitative estimate of drug-likeness (QED) is 0.709. The summed E-state index contributed by atoms with van der Waals surface area (Å²) >= 11 is 3.37. The zero-order valence-corrected chi connectivity index (χ0v) is 18.4. The number of β-amino-alcohol motifs (C(OH)–C–C–N with tert-alkyl or cyclic N) is 1. The number of carbonyl (C=O) groups excluding carboxylic acids is 1. The van der Waals surface area contributed by atoms with Crippen LogP contribution >= 0.6 is 15.9 Å². The maximum Gasteiger partial charge on any atom is 0.225 e. The van der Waals surface area contributed by atoms with E-state index in [0.29, 0.717) is 18.4 Å². The maximum absolute atomic E-state index is 13.0. The molecule has 1 aromatic rings. The maximum atomic E-state index is 13.0. The molecule has 2 fully saturated rings. The predicted octanol–water partition coefficient (Wildman–Crippen LogP) is 2.01. The van der Waals surface area contributed by atoms with Gasteiger partial charge < -0.3 is 14.9 Å². The number of carbonyl (C=O) groups is 1. The average Bonchev–Trinajstić information content (AvgIpc) is 2.94. The third kappa shape index (κ3) is 5.87. The fourth-order valence-corrected chi connectivity index (χ4v) is 4.58. The molecule has 1 amide bonds. The molecule has 1 aliphatic heterocycles. The molecule has 0 spiro atoms. The smallest absolute Gasteiger partial charge is 0.225 e. The van der Waals surface area contributed by atoms with Gasteiger partial charge in [0.1, 0.15) is 0 Å². The number of hydrogen-bond acceptors (Lipinski definition) is 6. The molecular weight excluding hydrogens is 422 g/mol. The molecule has 8 heteroatoms. The van der Waals surface area contributed by atoms with Crippen molar-refractivity contribution in [2.75, 3.05) is 57.8 Å². The summed E-state index contributed by atoms with van der Waals surface area (Å²) in [5.74, 6) is 1.85. The molecule has 1 saturated carbocycles. The highest BCUT2D eigenvalue weighted by molar-refractivity contribution is 9.10. The van der Waals surface area contributed by atoms with Gasteiger partial charge in [0.05, 0.1) is 11.1 Å². The topological polar surface area (TPSA) is 72.8 Å². The van der Waals surface area contributed by atoms with Gasteiger partial charge in [0.2, 0.25) is 11.9 Å². The molecule has 1 saturated heterocycles. The fraction of sp³-hybridized carbons (Fsp3) is 0.750. The third-order valence-corrected chi connectivity index (χ3v) is 6.40. The number of amides is 1. The second kappa shape index (κ2) is 10.5. The Morgan fingerprint density at radius 1 is 1.18 bits per heavy atom. The highest BCUT2D eigenvalue weighted by Gasteiger charge is 2.30. The Morgan fingerprint density at radius 3 is 2.57 bits per heavy atom. The number of halogens is 1. The van der Waals surface area contributed by atoms with Gasteiger partial charge in [-0.1, -0.05) is 0 Å². The molecule has 0 bridgehead atoms. The van der Waals surface area contributed by atoms with Crippen molar-refractivity contribution in [2.45, 2.75) is 32.1 Å². The molecule has 2 heterocycles. The SMILES string of the molecule is CN(CC1CCC(C(=O)N2CCCN(CCO)CC2)CC1)c1ncc(Br)cn1. The number of aromatic nitrogens is 2. The van der Waals surface area contributed by atoms with E-state index in [1.54, 1.807) is 12.4 Å². The summed E-state index contributed by atoms with van der Waals surface area (Å²) in [6.07, 6.45) is 8.68. The molecule has 2 aliphatic rings. The molecule has 0 unspecified atom stereocenters. The number of hydrogen-bond donors (Lipinski definition) is 1. The molecular formula is C20H32BrN5O2. The molecule has 28 heavy (non-hydrogen) atoms. The van der Waals surface area contributed by atoms with E-state index in [2.05, 4.69) is 40.6 Å². The lowest BCUT2D eigenvalue weighted by Crippen LogP contribution is -2.41. The minimum atomic E-state index is 0.176. The van der Waals surface area contributed by atoms with Crippen LogP contribution in [0.5, 0.6) is 0 Å². The Balaban J connectivity index is 1.44. The van der Waals surface area contributed by atoms with Crippen molar-refractivity contribution in [3.8, 4) is 0 Å². The minimum absolute atomic E-state index is 0.176. The van der Waals surface area contributed by atoms with Gasteiger partial charge in [0, 0.05) is 58.1 Å². The predicted molar refractivity (Wildman–Crippen MR) is 113 cm³/mol. The molecule has 1 aromatic heterocycles. The van der Waals surface area contributed by atoms with Crippen LogP contribution < -0.4 is 4.90 Å². The van der Waals surface area contributed by atoms with Crippen LogP contribution in [-0.4, -0.2) is 83.7 Å². The van der Waals surface area contributed by atoms with Crippen LogP contribution in [0.25, 0.3) is 0 Å². The molecule has 1 aliphatic carbocycles. The Hall–Kier alpha value is -1.25. The first kappa shape index (κ1) is 21.5. The van der Waals surface area contributed by atoms with Gasteiger partial charge in [-0.2, -0.15) is 0 Å². The van der Waals surface area contributed by atoms with Crippen molar-refractivity contribution < 1.29 is 9.90 Å². The van der Waals surface area contributed by atoms with Gasteiger partial charge in [0.25, 0.3) is 0 Å². The first-order valence-corrected chi connectivity index (χ1v) is 11.2. The van der Waals surface area contributed by atoms with E-state index in [9.17, 15) is 4.79 Å². The van der Waals surface area contributed by atoms with Crippen LogP contribution in [0.15, 0.2) is 16.9 Å². The Labute approximate surface area is 176 Å². The number of rotatable bonds is 6. The molecule has 0 atom stereocenters. The Kier molecular flexibility index (Phi) is 8.05. The number of aliphatic hydroxyl groups excluding tert-OH is 1. The summed E-state index contributed by atoms with van der Waals surface area (Å²) in [5, 5.41) is 9.13. The molecule has 1 N–H and O–H groups in total. The van der Waals surface area contributed by atoms with Crippen LogP contribution in [0.1, 0.15) is 32.1 Å². The molecule has 0 aromatic carbocycles. The standard InChI is InChI=1S/C20H32BrN5O2/c1-24(20-22-13-18(21)14-23-20)15-16-3-5-17(6-4-16)19(28)26-8-2-7-25(9-10-26)11-12-27/h13-14,16-17,27H,2-12,15H2,1H3. The second-order valence-electron chi connectivity index (χ2n) is 8.04. The Morgan fingerprint density at radius 2 is 1.89 bits per heavy atom. The number of anilines is 1. The van der Waals surface area contributed by atoms with Gasteiger partial charge >= 0.3 is 0 Å². The number of aliphatic hydroxyl groups is 1. The van der Waals surface area contributed by atoms with E-state index in [0.717, 1.165) is 75.2 Å². The highest BCUT2D eigenvalue weighted by atomic mass is 79.9. The van der Waals surface area contributed by atoms with Crippen molar-refractivity contribution in [3.63, 3.8) is 0 Å². The summed E-state index contributed by atoms with van der Waals surface area (Å²) in [6, 6.07) is 0. The summed E-state index contributed by atoms with van der Waals surface area (Å²) in [4.78, 5) is 28.1. The lowest BCUT2D eigenvalue weighted by atomic mass is 9.81. The van der Waals surface area contributed by atoms with E-state index >= 15 is 0 Å². The summed E-state index contributed by atoms with van der Waals surface area (Å²) in [6.45, 7) is 5.33. The largest absolute Gasteiger partial charge is 0.395 e. The minimum Gasteiger partial charge on any atom is -0.395 e.